The molecule has 0 fully saturated rings. The third-order valence-electron chi connectivity index (χ3n) is 2.32. The van der Waals surface area contributed by atoms with Gasteiger partial charge in [0.05, 0.1) is 6.20 Å². The number of primary sulfonamides is 1. The number of nitrogens with two attached hydrogens (primary N) is 1. The molecule has 0 aliphatic heterocycles. The van der Waals surface area contributed by atoms with Gasteiger partial charge in [-0.1, -0.05) is 0 Å². The van der Waals surface area contributed by atoms with Crippen LogP contribution in [0.5, 0.6) is 11.6 Å². The van der Waals surface area contributed by atoms with Crippen LogP contribution in [0.15, 0.2) is 52.4 Å². The Kier molecular flexibility index (Phi) is 4.08. The summed E-state index contributed by atoms with van der Waals surface area (Å²) in [5, 5.41) is 4.98. The average Bonchev–Trinajstić information content (AvgIpc) is 2.39. The Bertz CT molecular complexity index is 652. The first-order chi connectivity index (χ1) is 8.99. The highest BCUT2D eigenvalue weighted by molar-refractivity contribution is 7.98. The molecule has 0 amide bonds. The zero-order valence-electron chi connectivity index (χ0n) is 10.1. The van der Waals surface area contributed by atoms with Crippen molar-refractivity contribution in [2.24, 2.45) is 5.14 Å². The van der Waals surface area contributed by atoms with Crippen molar-refractivity contribution in [1.82, 2.24) is 4.98 Å². The molecule has 0 atom stereocenters. The van der Waals surface area contributed by atoms with E-state index in [0.29, 0.717) is 11.6 Å². The Morgan fingerprint density at radius 1 is 1.16 bits per heavy atom. The normalized spacial score (nSPS) is 11.3. The van der Waals surface area contributed by atoms with E-state index in [1.54, 1.807) is 11.8 Å². The molecule has 0 radical (unpaired) electrons. The number of nitrogens with zero attached hydrogens (tertiary/aromatic N) is 1. The number of aromatic nitrogens is 1. The maximum Gasteiger partial charge on any atom is 0.239 e. The molecule has 2 aromatic rings. The van der Waals surface area contributed by atoms with Crippen molar-refractivity contribution < 1.29 is 13.2 Å². The van der Waals surface area contributed by atoms with E-state index < -0.39 is 10.0 Å². The molecule has 1 aromatic carbocycles. The minimum atomic E-state index is -3.72. The Balaban J connectivity index is 2.15. The van der Waals surface area contributed by atoms with Crippen molar-refractivity contribution in [3.05, 3.63) is 42.6 Å². The molecule has 1 heterocycles. The van der Waals surface area contributed by atoms with E-state index in [1.807, 2.05) is 30.5 Å². The number of thioether (sulfide) groups is 1. The molecule has 0 aliphatic carbocycles. The third-order valence-corrected chi connectivity index (χ3v) is 3.96. The molecule has 0 bridgehead atoms. The molecule has 1 aromatic heterocycles. The predicted octanol–water partition coefficient (Wildman–Crippen LogP) is 2.24. The van der Waals surface area contributed by atoms with Gasteiger partial charge in [0.15, 0.2) is 0 Å². The van der Waals surface area contributed by atoms with Gasteiger partial charge in [0.25, 0.3) is 0 Å². The van der Waals surface area contributed by atoms with Crippen molar-refractivity contribution in [3.63, 3.8) is 0 Å². The van der Waals surface area contributed by atoms with Crippen molar-refractivity contribution >= 4 is 21.8 Å². The molecule has 5 nitrogen and oxygen atoms in total. The van der Waals surface area contributed by atoms with Crippen LogP contribution in [0.25, 0.3) is 0 Å². The van der Waals surface area contributed by atoms with Gasteiger partial charge in [0, 0.05) is 11.0 Å². The minimum Gasteiger partial charge on any atom is -0.439 e. The molecule has 0 spiro atoms. The molecule has 0 saturated carbocycles. The van der Waals surface area contributed by atoms with Crippen LogP contribution >= 0.6 is 11.8 Å². The molecule has 0 unspecified atom stereocenters. The van der Waals surface area contributed by atoms with E-state index in [9.17, 15) is 8.42 Å². The van der Waals surface area contributed by atoms with Crippen LogP contribution < -0.4 is 9.88 Å². The average molecular weight is 296 g/mol. The fourth-order valence-electron chi connectivity index (χ4n) is 1.36. The fourth-order valence-corrected chi connectivity index (χ4v) is 2.23. The van der Waals surface area contributed by atoms with Gasteiger partial charge in [-0.15, -0.1) is 11.8 Å². The van der Waals surface area contributed by atoms with Crippen LogP contribution in [0.3, 0.4) is 0 Å². The zero-order valence-corrected chi connectivity index (χ0v) is 11.7. The van der Waals surface area contributed by atoms with Crippen LogP contribution in [-0.4, -0.2) is 19.7 Å². The molecule has 2 rings (SSSR count). The monoisotopic (exact) mass is 296 g/mol. The summed E-state index contributed by atoms with van der Waals surface area (Å²) in [6.07, 6.45) is 3.16. The summed E-state index contributed by atoms with van der Waals surface area (Å²) < 4.78 is 27.6. The largest absolute Gasteiger partial charge is 0.439 e. The van der Waals surface area contributed by atoms with E-state index in [0.717, 1.165) is 4.90 Å². The van der Waals surface area contributed by atoms with Crippen LogP contribution in [0.1, 0.15) is 0 Å². The Morgan fingerprint density at radius 3 is 2.32 bits per heavy atom. The highest BCUT2D eigenvalue weighted by atomic mass is 32.2. The second-order valence-electron chi connectivity index (χ2n) is 3.65. The van der Waals surface area contributed by atoms with E-state index in [4.69, 9.17) is 9.88 Å². The number of ether oxygens (including phenoxy) is 1. The standard InChI is InChI=1S/C12H12N2O3S2/c1-18-10-4-2-9(3-5-10)17-12-7-6-11(8-14-12)19(13,15)16/h2-8H,1H3,(H2,13,15,16). The summed E-state index contributed by atoms with van der Waals surface area (Å²) in [5.74, 6) is 0.943. The molecular formula is C12H12N2O3S2. The second-order valence-corrected chi connectivity index (χ2v) is 6.10. The molecule has 7 heteroatoms. The SMILES string of the molecule is CSc1ccc(Oc2ccc(S(N)(=O)=O)cn2)cc1. The Labute approximate surface area is 115 Å². The van der Waals surface area contributed by atoms with Crippen LogP contribution in [-0.2, 0) is 10.0 Å². The van der Waals surface area contributed by atoms with Gasteiger partial charge in [-0.25, -0.2) is 18.5 Å². The van der Waals surface area contributed by atoms with Crippen LogP contribution in [0.2, 0.25) is 0 Å². The molecule has 19 heavy (non-hydrogen) atoms. The van der Waals surface area contributed by atoms with Gasteiger partial charge in [-0.2, -0.15) is 0 Å². The quantitative estimate of drug-likeness (QED) is 0.875. The van der Waals surface area contributed by atoms with Crippen molar-refractivity contribution in [3.8, 4) is 11.6 Å². The zero-order chi connectivity index (χ0) is 13.9. The third kappa shape index (κ3) is 3.69. The number of hydrogen-bond acceptors (Lipinski definition) is 5. The van der Waals surface area contributed by atoms with Gasteiger partial charge in [0.2, 0.25) is 15.9 Å². The maximum absolute atomic E-state index is 11.1. The summed E-state index contributed by atoms with van der Waals surface area (Å²) in [7, 11) is -3.72. The molecule has 2 N–H and O–H groups in total. The highest BCUT2D eigenvalue weighted by Crippen LogP contribution is 2.23. The molecular weight excluding hydrogens is 284 g/mol. The lowest BCUT2D eigenvalue weighted by Crippen LogP contribution is -2.12. The van der Waals surface area contributed by atoms with Gasteiger partial charge in [0.1, 0.15) is 10.6 Å². The molecule has 0 aliphatic rings. The Morgan fingerprint density at radius 2 is 1.84 bits per heavy atom. The summed E-state index contributed by atoms with van der Waals surface area (Å²) in [6.45, 7) is 0. The lowest BCUT2D eigenvalue weighted by molar-refractivity contribution is 0.461. The summed E-state index contributed by atoms with van der Waals surface area (Å²) in [6, 6.07) is 10.3. The van der Waals surface area contributed by atoms with E-state index in [-0.39, 0.29) is 4.90 Å². The molecule has 100 valence electrons. The summed E-state index contributed by atoms with van der Waals surface area (Å²) in [4.78, 5) is 4.98. The van der Waals surface area contributed by atoms with Crippen LogP contribution in [0.4, 0.5) is 0 Å². The van der Waals surface area contributed by atoms with Gasteiger partial charge >= 0.3 is 0 Å². The number of benzene rings is 1. The summed E-state index contributed by atoms with van der Waals surface area (Å²) in [5.41, 5.74) is 0. The summed E-state index contributed by atoms with van der Waals surface area (Å²) >= 11 is 1.64. The van der Waals surface area contributed by atoms with Crippen LogP contribution in [0, 0.1) is 0 Å². The van der Waals surface area contributed by atoms with E-state index >= 15 is 0 Å². The topological polar surface area (TPSA) is 82.3 Å². The number of rotatable bonds is 4. The number of pyridine rings is 1. The first-order valence-corrected chi connectivity index (χ1v) is 8.07. The lowest BCUT2D eigenvalue weighted by Gasteiger charge is -2.05. The smallest absolute Gasteiger partial charge is 0.239 e. The maximum atomic E-state index is 11.1. The van der Waals surface area contributed by atoms with Gasteiger partial charge in [-0.3, -0.25) is 0 Å². The first kappa shape index (κ1) is 13.9. The minimum absolute atomic E-state index is 0.0439. The van der Waals surface area contributed by atoms with E-state index in [1.165, 1.54) is 18.3 Å². The number of hydrogen-bond donors (Lipinski definition) is 1. The van der Waals surface area contributed by atoms with Crippen molar-refractivity contribution in [1.29, 1.82) is 0 Å². The first-order valence-electron chi connectivity index (χ1n) is 5.30. The van der Waals surface area contributed by atoms with Gasteiger partial charge < -0.3 is 4.74 Å². The lowest BCUT2D eigenvalue weighted by atomic mass is 10.3. The Hall–Kier alpha value is -1.57. The van der Waals surface area contributed by atoms with Crippen molar-refractivity contribution in [2.75, 3.05) is 6.26 Å². The second kappa shape index (κ2) is 5.60. The van der Waals surface area contributed by atoms with E-state index in [2.05, 4.69) is 4.98 Å². The highest BCUT2D eigenvalue weighted by Gasteiger charge is 2.08. The predicted molar refractivity (Wildman–Crippen MR) is 73.9 cm³/mol. The molecule has 0 saturated heterocycles. The number of sulfonamides is 1. The van der Waals surface area contributed by atoms with Gasteiger partial charge in [-0.05, 0) is 36.6 Å². The van der Waals surface area contributed by atoms with Crippen molar-refractivity contribution in [2.45, 2.75) is 9.79 Å². The fraction of sp³-hybridized carbons (Fsp3) is 0.0833.